The summed E-state index contributed by atoms with van der Waals surface area (Å²) in [5.74, 6) is -3.38. The normalized spacial score (nSPS) is 18.4. The largest absolute Gasteiger partial charge is 0.379 e. The number of sulfonamides is 1. The van der Waals surface area contributed by atoms with Crippen molar-refractivity contribution in [3.05, 3.63) is 59.9 Å². The summed E-state index contributed by atoms with van der Waals surface area (Å²) < 4.78 is 42.1. The van der Waals surface area contributed by atoms with Crippen molar-refractivity contribution in [2.45, 2.75) is 136 Å². The molecule has 2 aliphatic heterocycles. The van der Waals surface area contributed by atoms with Gasteiger partial charge in [-0.05, 0) is 36.7 Å². The van der Waals surface area contributed by atoms with E-state index < -0.39 is 81.7 Å². The molecule has 8 atom stereocenters. The van der Waals surface area contributed by atoms with Crippen LogP contribution in [0.3, 0.4) is 0 Å². The van der Waals surface area contributed by atoms with Gasteiger partial charge in [0.15, 0.2) is 0 Å². The number of nitrogens with one attached hydrogen (secondary N) is 2. The first-order chi connectivity index (χ1) is 33.0. The molecule has 388 valence electrons. The number of likely N-dealkylation sites (tertiary alicyclic amines) is 1. The first kappa shape index (κ1) is 57.0. The third-order valence-corrected chi connectivity index (χ3v) is 14.5. The van der Waals surface area contributed by atoms with E-state index in [-0.39, 0.29) is 61.9 Å². The van der Waals surface area contributed by atoms with Crippen molar-refractivity contribution < 1.29 is 46.7 Å². The lowest BCUT2D eigenvalue weighted by Gasteiger charge is -2.40. The number of benzene rings is 1. The summed E-state index contributed by atoms with van der Waals surface area (Å²) in [5, 5.41) is 10.7. The molecule has 70 heavy (non-hydrogen) atoms. The predicted octanol–water partition coefficient (Wildman–Crippen LogP) is 2.83. The number of carbonyl (C=O) groups is 6. The Balaban J connectivity index is 1.45. The number of ether oxygens (including phenoxy) is 2. The maximum absolute atomic E-state index is 14.4. The number of aliphatic imine (C=N–C) groups is 1. The van der Waals surface area contributed by atoms with Gasteiger partial charge in [0.2, 0.25) is 27.7 Å². The van der Waals surface area contributed by atoms with Crippen molar-refractivity contribution in [2.24, 2.45) is 28.7 Å². The van der Waals surface area contributed by atoms with Crippen LogP contribution in [0, 0.1) is 23.7 Å². The molecule has 2 N–H and O–H groups in total. The third-order valence-electron chi connectivity index (χ3n) is 13.2. The first-order valence-corrected chi connectivity index (χ1v) is 25.9. The lowest BCUT2D eigenvalue weighted by Crippen LogP contribution is -2.56. The Labute approximate surface area is 414 Å². The van der Waals surface area contributed by atoms with Gasteiger partial charge in [-0.25, -0.2) is 8.42 Å². The first-order valence-electron chi connectivity index (χ1n) is 24.2. The quantitative estimate of drug-likeness (QED) is 0.0785. The van der Waals surface area contributed by atoms with Gasteiger partial charge in [0.25, 0.3) is 17.7 Å². The Hall–Kier alpha value is -5.54. The molecule has 1 saturated heterocycles. The third kappa shape index (κ3) is 15.2. The van der Waals surface area contributed by atoms with Crippen molar-refractivity contribution in [2.75, 3.05) is 47.7 Å². The van der Waals surface area contributed by atoms with Gasteiger partial charge in [0.1, 0.15) is 23.6 Å². The van der Waals surface area contributed by atoms with Crippen LogP contribution < -0.4 is 10.0 Å². The molecule has 4 rings (SSSR count). The monoisotopic (exact) mass is 997 g/mol. The highest BCUT2D eigenvalue weighted by atomic mass is 32.2. The molecule has 0 radical (unpaired) electrons. The van der Waals surface area contributed by atoms with Crippen LogP contribution in [-0.4, -0.2) is 168 Å². The zero-order chi connectivity index (χ0) is 52.0. The van der Waals surface area contributed by atoms with E-state index in [0.29, 0.717) is 30.6 Å². The SMILES string of the molecule is CC[C@H](C)[C@@H]([C@@H](CC(=O)N1CCC[C@H]1[C@H](OC)[C@@H](C)C(=O)N[C@@H](Cc1ccccc1)C(=O)NS(=O)(=O)CCCn1cc(CN2C(=O)C=CC2=O)nn1)OC)N(C)C(=O)[C@@H](/N=C(\C(C)C)N(C)C)C(C)C. The van der Waals surface area contributed by atoms with Crippen LogP contribution in [0.1, 0.15) is 91.8 Å². The number of methoxy groups -OCH3 is 2. The summed E-state index contributed by atoms with van der Waals surface area (Å²) in [6, 6.07) is 5.95. The van der Waals surface area contributed by atoms with Gasteiger partial charge in [-0.15, -0.1) is 5.10 Å². The second kappa shape index (κ2) is 26.1. The van der Waals surface area contributed by atoms with Crippen LogP contribution in [0.25, 0.3) is 0 Å². The number of hydrogen-bond donors (Lipinski definition) is 2. The Morgan fingerprint density at radius 3 is 2.17 bits per heavy atom. The van der Waals surface area contributed by atoms with Gasteiger partial charge < -0.3 is 29.5 Å². The van der Waals surface area contributed by atoms with Crippen molar-refractivity contribution in [3.63, 3.8) is 0 Å². The Morgan fingerprint density at radius 1 is 0.943 bits per heavy atom. The number of imide groups is 1. The van der Waals surface area contributed by atoms with Crippen LogP contribution in [0.2, 0.25) is 0 Å². The summed E-state index contributed by atoms with van der Waals surface area (Å²) in [6.07, 6.45) is 4.27. The van der Waals surface area contributed by atoms with Crippen molar-refractivity contribution >= 4 is 51.3 Å². The Kier molecular flexibility index (Phi) is 21.2. The summed E-state index contributed by atoms with van der Waals surface area (Å²) in [4.78, 5) is 92.0. The minimum atomic E-state index is -4.20. The van der Waals surface area contributed by atoms with E-state index in [1.807, 2.05) is 60.5 Å². The number of aromatic nitrogens is 3. The number of rotatable bonds is 26. The van der Waals surface area contributed by atoms with Crippen molar-refractivity contribution in [3.8, 4) is 0 Å². The number of aryl methyl sites for hydroxylation is 1. The van der Waals surface area contributed by atoms with Crippen LogP contribution in [0.15, 0.2) is 53.7 Å². The molecular formula is C49H76N10O10S. The molecule has 20 nitrogen and oxygen atoms in total. The number of carbonyl (C=O) groups excluding carboxylic acids is 6. The zero-order valence-corrected chi connectivity index (χ0v) is 43.8. The topological polar surface area (TPSA) is 235 Å². The summed E-state index contributed by atoms with van der Waals surface area (Å²) in [5.41, 5.74) is 1.01. The molecule has 21 heteroatoms. The maximum atomic E-state index is 14.4. The predicted molar refractivity (Wildman–Crippen MR) is 264 cm³/mol. The molecule has 3 heterocycles. The second-order valence-electron chi connectivity index (χ2n) is 19.3. The molecule has 1 fully saturated rings. The number of hydrogen-bond acceptors (Lipinski definition) is 13. The number of amidine groups is 1. The minimum Gasteiger partial charge on any atom is -0.379 e. The molecule has 2 aromatic rings. The van der Waals surface area contributed by atoms with Crippen molar-refractivity contribution in [1.82, 2.24) is 44.6 Å². The van der Waals surface area contributed by atoms with Gasteiger partial charge in [-0.3, -0.25) is 48.1 Å². The van der Waals surface area contributed by atoms with Crippen LogP contribution in [0.4, 0.5) is 0 Å². The summed E-state index contributed by atoms with van der Waals surface area (Å²) >= 11 is 0. The molecule has 0 bridgehead atoms. The van der Waals surface area contributed by atoms with E-state index >= 15 is 0 Å². The van der Waals surface area contributed by atoms with E-state index in [0.717, 1.165) is 29.3 Å². The number of nitrogens with zero attached hydrogens (tertiary/aromatic N) is 8. The molecule has 0 spiro atoms. The van der Waals surface area contributed by atoms with Gasteiger partial charge in [-0.1, -0.05) is 90.4 Å². The van der Waals surface area contributed by atoms with Crippen LogP contribution in [0.5, 0.6) is 0 Å². The van der Waals surface area contributed by atoms with Crippen LogP contribution in [-0.2, 0) is 67.8 Å². The molecule has 1 aromatic heterocycles. The Bertz CT molecular complexity index is 2260. The van der Waals surface area contributed by atoms with Gasteiger partial charge in [-0.2, -0.15) is 0 Å². The molecule has 1 aromatic carbocycles. The summed E-state index contributed by atoms with van der Waals surface area (Å²) in [6.45, 7) is 14.2. The second-order valence-corrected chi connectivity index (χ2v) is 21.1. The molecule has 6 amide bonds. The Morgan fingerprint density at radius 2 is 1.60 bits per heavy atom. The highest BCUT2D eigenvalue weighted by molar-refractivity contribution is 7.90. The number of likely N-dealkylation sites (N-methyl/N-ethyl adjacent to an activating group) is 1. The lowest BCUT2D eigenvalue weighted by molar-refractivity contribution is -0.146. The van der Waals surface area contributed by atoms with E-state index in [9.17, 15) is 37.2 Å². The molecule has 0 unspecified atom stereocenters. The molecule has 2 aliphatic rings. The molecule has 0 saturated carbocycles. The number of amides is 6. The zero-order valence-electron chi connectivity index (χ0n) is 43.0. The van der Waals surface area contributed by atoms with E-state index in [1.165, 1.54) is 18.0 Å². The lowest BCUT2D eigenvalue weighted by atomic mass is 9.89. The van der Waals surface area contributed by atoms with E-state index in [2.05, 4.69) is 20.4 Å². The smallest absolute Gasteiger partial charge is 0.256 e. The van der Waals surface area contributed by atoms with E-state index in [4.69, 9.17) is 14.5 Å². The van der Waals surface area contributed by atoms with Gasteiger partial charge in [0.05, 0.1) is 55.1 Å². The fourth-order valence-corrected chi connectivity index (χ4v) is 10.3. The van der Waals surface area contributed by atoms with E-state index in [1.54, 1.807) is 61.2 Å². The average Bonchev–Trinajstić information content (AvgIpc) is 4.06. The fourth-order valence-electron chi connectivity index (χ4n) is 9.25. The maximum Gasteiger partial charge on any atom is 0.256 e. The molecule has 0 aliphatic carbocycles. The summed E-state index contributed by atoms with van der Waals surface area (Å²) in [7, 11) is 4.40. The van der Waals surface area contributed by atoms with Crippen LogP contribution >= 0.6 is 0 Å². The average molecular weight is 997 g/mol. The van der Waals surface area contributed by atoms with Crippen molar-refractivity contribution in [1.29, 1.82) is 0 Å². The van der Waals surface area contributed by atoms with Gasteiger partial charge >= 0.3 is 0 Å². The highest BCUT2D eigenvalue weighted by Crippen LogP contribution is 2.30. The highest BCUT2D eigenvalue weighted by Gasteiger charge is 2.43. The molecular weight excluding hydrogens is 921 g/mol. The van der Waals surface area contributed by atoms with Gasteiger partial charge in [0, 0.05) is 72.9 Å². The fraction of sp³-hybridized carbons (Fsp3) is 0.653. The standard InChI is InChI=1S/C49H76N10O10S/c1-13-33(6)44(56(10)49(65)43(31(2)3)51-46(32(4)5)55(8)9)39(68-11)28-42(62)58-25-17-21-38(58)45(69-12)34(7)47(63)50-37(27-35-19-15-14-16-20-35)48(64)53-70(66,67)26-18-24-57-29-36(52-54-57)30-59-40(60)22-23-41(59)61/h14-16,19-20,22-23,29,31-34,37-39,43-45H,13,17-18,21,24-28,30H2,1-12H3,(H,50,63)(H,53,64)/b51-46+/t33-,34+,37-,38-,39+,43-,44-,45+/m0/s1. The minimum absolute atomic E-state index is 0.0167.